The van der Waals surface area contributed by atoms with Gasteiger partial charge < -0.3 is 14.8 Å². The first-order valence-corrected chi connectivity index (χ1v) is 3.79. The number of hydrogen-bond acceptors (Lipinski definition) is 3. The average molecular weight is 153 g/mol. The van der Waals surface area contributed by atoms with E-state index < -0.39 is 0 Å². The van der Waals surface area contributed by atoms with Crippen molar-refractivity contribution < 1.29 is 9.52 Å². The Morgan fingerprint density at radius 3 is 3.45 bits per heavy atom. The van der Waals surface area contributed by atoms with Gasteiger partial charge in [0.15, 0.2) is 0 Å². The number of aliphatic hydroxyl groups is 1. The lowest BCUT2D eigenvalue weighted by atomic mass is 10.0. The van der Waals surface area contributed by atoms with Gasteiger partial charge in [-0.25, -0.2) is 0 Å². The SMILES string of the molecule is OCC1Cc2occc2CN1. The van der Waals surface area contributed by atoms with Crippen LogP contribution in [0.1, 0.15) is 11.3 Å². The Balaban J connectivity index is 2.18. The molecule has 1 atom stereocenters. The summed E-state index contributed by atoms with van der Waals surface area (Å²) < 4.78 is 5.24. The molecule has 1 aliphatic rings. The van der Waals surface area contributed by atoms with E-state index in [0.717, 1.165) is 18.7 Å². The lowest BCUT2D eigenvalue weighted by Gasteiger charge is -2.20. The van der Waals surface area contributed by atoms with Gasteiger partial charge in [-0.3, -0.25) is 0 Å². The molecule has 0 radical (unpaired) electrons. The van der Waals surface area contributed by atoms with Crippen molar-refractivity contribution in [3.8, 4) is 0 Å². The van der Waals surface area contributed by atoms with Crippen LogP contribution in [0.5, 0.6) is 0 Å². The molecule has 0 spiro atoms. The number of rotatable bonds is 1. The van der Waals surface area contributed by atoms with Crippen LogP contribution in [0.25, 0.3) is 0 Å². The van der Waals surface area contributed by atoms with Crippen LogP contribution in [0, 0.1) is 0 Å². The number of aliphatic hydroxyl groups excluding tert-OH is 1. The van der Waals surface area contributed by atoms with E-state index in [1.54, 1.807) is 6.26 Å². The molecule has 2 N–H and O–H groups in total. The van der Waals surface area contributed by atoms with Crippen LogP contribution >= 0.6 is 0 Å². The third kappa shape index (κ3) is 1.17. The Kier molecular flexibility index (Phi) is 1.68. The van der Waals surface area contributed by atoms with Gasteiger partial charge in [-0.05, 0) is 6.07 Å². The molecule has 0 saturated carbocycles. The highest BCUT2D eigenvalue weighted by Crippen LogP contribution is 2.16. The van der Waals surface area contributed by atoms with Crippen LogP contribution in [0.2, 0.25) is 0 Å². The fourth-order valence-corrected chi connectivity index (χ4v) is 1.38. The summed E-state index contributed by atoms with van der Waals surface area (Å²) in [5, 5.41) is 12.1. The molecule has 3 heteroatoms. The van der Waals surface area contributed by atoms with Gasteiger partial charge in [0.05, 0.1) is 12.9 Å². The average Bonchev–Trinajstić information content (AvgIpc) is 2.50. The summed E-state index contributed by atoms with van der Waals surface area (Å²) in [7, 11) is 0. The van der Waals surface area contributed by atoms with E-state index in [1.165, 1.54) is 5.56 Å². The van der Waals surface area contributed by atoms with Gasteiger partial charge in [-0.2, -0.15) is 0 Å². The molecule has 0 fully saturated rings. The van der Waals surface area contributed by atoms with Crippen LogP contribution < -0.4 is 5.32 Å². The maximum atomic E-state index is 8.85. The molecule has 0 aliphatic carbocycles. The summed E-state index contributed by atoms with van der Waals surface area (Å²) in [4.78, 5) is 0. The maximum Gasteiger partial charge on any atom is 0.109 e. The minimum Gasteiger partial charge on any atom is -0.469 e. The lowest BCUT2D eigenvalue weighted by molar-refractivity contribution is 0.228. The maximum absolute atomic E-state index is 8.85. The molecule has 0 amide bonds. The zero-order chi connectivity index (χ0) is 7.68. The van der Waals surface area contributed by atoms with Crippen molar-refractivity contribution in [1.82, 2.24) is 5.32 Å². The predicted molar refractivity (Wildman–Crippen MR) is 40.1 cm³/mol. The molecule has 11 heavy (non-hydrogen) atoms. The van der Waals surface area contributed by atoms with Gasteiger partial charge in [0, 0.05) is 24.6 Å². The highest BCUT2D eigenvalue weighted by Gasteiger charge is 2.18. The topological polar surface area (TPSA) is 45.4 Å². The van der Waals surface area contributed by atoms with Gasteiger partial charge in [-0.1, -0.05) is 0 Å². The van der Waals surface area contributed by atoms with Gasteiger partial charge >= 0.3 is 0 Å². The molecule has 1 aliphatic heterocycles. The van der Waals surface area contributed by atoms with Crippen molar-refractivity contribution in [2.24, 2.45) is 0 Å². The van der Waals surface area contributed by atoms with E-state index in [9.17, 15) is 0 Å². The second-order valence-corrected chi connectivity index (χ2v) is 2.83. The molecule has 1 unspecified atom stereocenters. The molecule has 0 aromatic carbocycles. The van der Waals surface area contributed by atoms with Crippen LogP contribution in [0.15, 0.2) is 16.7 Å². The zero-order valence-corrected chi connectivity index (χ0v) is 6.21. The Labute approximate surface area is 65.0 Å². The third-order valence-corrected chi connectivity index (χ3v) is 2.07. The third-order valence-electron chi connectivity index (χ3n) is 2.07. The first-order valence-electron chi connectivity index (χ1n) is 3.79. The summed E-state index contributed by atoms with van der Waals surface area (Å²) in [6, 6.07) is 2.14. The molecular formula is C8H11NO2. The van der Waals surface area contributed by atoms with E-state index >= 15 is 0 Å². The van der Waals surface area contributed by atoms with Crippen molar-refractivity contribution in [3.63, 3.8) is 0 Å². The van der Waals surface area contributed by atoms with E-state index in [0.29, 0.717) is 0 Å². The summed E-state index contributed by atoms with van der Waals surface area (Å²) in [5.74, 6) is 1.02. The van der Waals surface area contributed by atoms with E-state index in [4.69, 9.17) is 9.52 Å². The number of furan rings is 1. The Morgan fingerprint density at radius 2 is 2.64 bits per heavy atom. The smallest absolute Gasteiger partial charge is 0.109 e. The quantitative estimate of drug-likeness (QED) is 0.609. The Morgan fingerprint density at radius 1 is 1.73 bits per heavy atom. The summed E-state index contributed by atoms with van der Waals surface area (Å²) in [6.07, 6.45) is 2.50. The van der Waals surface area contributed by atoms with Gasteiger partial charge in [0.25, 0.3) is 0 Å². The summed E-state index contributed by atoms with van der Waals surface area (Å²) >= 11 is 0. The molecule has 2 heterocycles. The number of nitrogens with one attached hydrogen (secondary N) is 1. The minimum atomic E-state index is 0.175. The van der Waals surface area contributed by atoms with Crippen molar-refractivity contribution in [3.05, 3.63) is 23.7 Å². The fraction of sp³-hybridized carbons (Fsp3) is 0.500. The molecule has 1 aromatic heterocycles. The minimum absolute atomic E-state index is 0.175. The van der Waals surface area contributed by atoms with Crippen molar-refractivity contribution in [2.75, 3.05) is 6.61 Å². The predicted octanol–water partition coefficient (Wildman–Crippen LogP) is 0.286. The van der Waals surface area contributed by atoms with E-state index in [-0.39, 0.29) is 12.6 Å². The first kappa shape index (κ1) is 6.88. The van der Waals surface area contributed by atoms with Crippen molar-refractivity contribution in [1.29, 1.82) is 0 Å². The van der Waals surface area contributed by atoms with E-state index in [2.05, 4.69) is 5.32 Å². The summed E-state index contributed by atoms with van der Waals surface area (Å²) in [5.41, 5.74) is 1.22. The first-order chi connectivity index (χ1) is 5.40. The molecule has 1 aromatic rings. The highest BCUT2D eigenvalue weighted by molar-refractivity contribution is 5.20. The number of hydrogen-bond donors (Lipinski definition) is 2. The summed E-state index contributed by atoms with van der Waals surface area (Å²) in [6.45, 7) is 0.997. The lowest BCUT2D eigenvalue weighted by Crippen LogP contribution is -2.37. The zero-order valence-electron chi connectivity index (χ0n) is 6.21. The van der Waals surface area contributed by atoms with Gasteiger partial charge in [0.2, 0.25) is 0 Å². The number of fused-ring (bicyclic) bond motifs is 1. The van der Waals surface area contributed by atoms with Gasteiger partial charge in [-0.15, -0.1) is 0 Å². The monoisotopic (exact) mass is 153 g/mol. The molecule has 0 bridgehead atoms. The Hall–Kier alpha value is -0.800. The van der Waals surface area contributed by atoms with Gasteiger partial charge in [0.1, 0.15) is 5.76 Å². The van der Waals surface area contributed by atoms with Crippen LogP contribution in [0.3, 0.4) is 0 Å². The largest absolute Gasteiger partial charge is 0.469 e. The molecule has 2 rings (SSSR count). The molecular weight excluding hydrogens is 142 g/mol. The van der Waals surface area contributed by atoms with Crippen molar-refractivity contribution in [2.45, 2.75) is 19.0 Å². The highest BCUT2D eigenvalue weighted by atomic mass is 16.3. The van der Waals surface area contributed by atoms with Crippen LogP contribution in [0.4, 0.5) is 0 Å². The standard InChI is InChI=1S/C8H11NO2/c10-5-7-3-8-6(4-9-7)1-2-11-8/h1-2,7,9-10H,3-5H2. The second-order valence-electron chi connectivity index (χ2n) is 2.83. The van der Waals surface area contributed by atoms with Crippen molar-refractivity contribution >= 4 is 0 Å². The van der Waals surface area contributed by atoms with Crippen LogP contribution in [-0.2, 0) is 13.0 Å². The second kappa shape index (κ2) is 2.68. The normalized spacial score (nSPS) is 23.2. The Bertz CT molecular complexity index is 244. The molecule has 60 valence electrons. The fourth-order valence-electron chi connectivity index (χ4n) is 1.38. The molecule has 0 saturated heterocycles. The molecule has 3 nitrogen and oxygen atoms in total. The van der Waals surface area contributed by atoms with E-state index in [1.807, 2.05) is 6.07 Å². The van der Waals surface area contributed by atoms with Crippen LogP contribution in [-0.4, -0.2) is 17.8 Å².